The minimum Gasteiger partial charge on any atom is -0.302 e. The quantitative estimate of drug-likeness (QED) is 0.254. The molecule has 2 atom stereocenters. The van der Waals surface area contributed by atoms with E-state index in [1.165, 1.54) is 11.1 Å². The SMILES string of the molecule is CC(C)(C)NC(C(=O)C(C)(C)C)C(C)(C)SCc1ccccc1CSC(C)(C)C(NC(C)(C)C)C(=O)C(C)(C)C. The average Bonchev–Trinajstić information content (AvgIpc) is 2.75. The molecule has 0 aliphatic heterocycles. The molecule has 6 heteroatoms. The zero-order chi connectivity index (χ0) is 31.5. The lowest BCUT2D eigenvalue weighted by atomic mass is 9.81. The first kappa shape index (κ1) is 37.2. The molecule has 2 N–H and O–H groups in total. The van der Waals surface area contributed by atoms with Crippen LogP contribution in [-0.4, -0.2) is 44.2 Å². The van der Waals surface area contributed by atoms with Crippen molar-refractivity contribution in [1.29, 1.82) is 0 Å². The fourth-order valence-electron chi connectivity index (χ4n) is 4.38. The van der Waals surface area contributed by atoms with Crippen LogP contribution in [0.25, 0.3) is 0 Å². The van der Waals surface area contributed by atoms with E-state index in [4.69, 9.17) is 0 Å². The highest BCUT2D eigenvalue weighted by Crippen LogP contribution is 2.39. The van der Waals surface area contributed by atoms with Crippen molar-refractivity contribution in [2.24, 2.45) is 10.8 Å². The molecule has 0 saturated carbocycles. The van der Waals surface area contributed by atoms with Crippen LogP contribution >= 0.6 is 23.5 Å². The molecule has 0 aromatic heterocycles. The first-order valence-electron chi connectivity index (χ1n) is 14.7. The van der Waals surface area contributed by atoms with E-state index in [-0.39, 0.29) is 44.2 Å². The van der Waals surface area contributed by atoms with Crippen molar-refractivity contribution in [1.82, 2.24) is 10.6 Å². The molecule has 0 heterocycles. The second-order valence-corrected chi connectivity index (χ2v) is 19.7. The van der Waals surface area contributed by atoms with Gasteiger partial charge in [-0.25, -0.2) is 0 Å². The summed E-state index contributed by atoms with van der Waals surface area (Å²) in [6.07, 6.45) is 0. The van der Waals surface area contributed by atoms with Gasteiger partial charge in [-0.3, -0.25) is 9.59 Å². The van der Waals surface area contributed by atoms with Crippen LogP contribution in [0.15, 0.2) is 24.3 Å². The number of nitrogens with one attached hydrogen (secondary N) is 2. The molecule has 0 bridgehead atoms. The van der Waals surface area contributed by atoms with Crippen molar-refractivity contribution in [2.75, 3.05) is 0 Å². The molecule has 230 valence electrons. The van der Waals surface area contributed by atoms with Gasteiger partial charge >= 0.3 is 0 Å². The van der Waals surface area contributed by atoms with Gasteiger partial charge in [0.25, 0.3) is 0 Å². The van der Waals surface area contributed by atoms with E-state index in [9.17, 15) is 9.59 Å². The van der Waals surface area contributed by atoms with Gasteiger partial charge in [0.15, 0.2) is 11.6 Å². The molecular formula is C34H60N2O2S2. The number of benzene rings is 1. The molecule has 0 amide bonds. The van der Waals surface area contributed by atoms with Gasteiger partial charge in [0.1, 0.15) is 0 Å². The van der Waals surface area contributed by atoms with Crippen LogP contribution in [0.3, 0.4) is 0 Å². The minimum absolute atomic E-state index is 0.175. The molecule has 1 aromatic rings. The second-order valence-electron chi connectivity index (χ2n) is 16.4. The van der Waals surface area contributed by atoms with Crippen LogP contribution < -0.4 is 10.6 Å². The molecule has 0 aliphatic carbocycles. The van der Waals surface area contributed by atoms with Crippen LogP contribution in [0.1, 0.15) is 122 Å². The van der Waals surface area contributed by atoms with Crippen LogP contribution in [-0.2, 0) is 21.1 Å². The van der Waals surface area contributed by atoms with Gasteiger partial charge in [0.2, 0.25) is 0 Å². The molecule has 0 fully saturated rings. The third-order valence-corrected chi connectivity index (χ3v) is 9.74. The maximum atomic E-state index is 13.6. The zero-order valence-electron chi connectivity index (χ0n) is 28.5. The Hall–Kier alpha value is -0.820. The lowest BCUT2D eigenvalue weighted by molar-refractivity contribution is -0.130. The fourth-order valence-corrected chi connectivity index (χ4v) is 6.66. The molecule has 0 radical (unpaired) electrons. The maximum Gasteiger partial charge on any atom is 0.156 e. The van der Waals surface area contributed by atoms with E-state index < -0.39 is 10.8 Å². The second kappa shape index (κ2) is 13.2. The Morgan fingerprint density at radius 3 is 1.07 bits per heavy atom. The fraction of sp³-hybridized carbons (Fsp3) is 0.765. The van der Waals surface area contributed by atoms with E-state index in [0.29, 0.717) is 0 Å². The third kappa shape index (κ3) is 11.8. The number of carbonyl (C=O) groups excluding carboxylic acids is 2. The zero-order valence-corrected chi connectivity index (χ0v) is 30.1. The molecule has 2 unspecified atom stereocenters. The van der Waals surface area contributed by atoms with Crippen molar-refractivity contribution >= 4 is 35.1 Å². The molecule has 40 heavy (non-hydrogen) atoms. The Labute approximate surface area is 255 Å². The molecular weight excluding hydrogens is 533 g/mol. The van der Waals surface area contributed by atoms with Gasteiger partial charge in [-0.05, 0) is 80.4 Å². The normalized spacial score (nSPS) is 15.6. The maximum absolute atomic E-state index is 13.6. The van der Waals surface area contributed by atoms with Crippen LogP contribution in [0, 0.1) is 10.8 Å². The van der Waals surface area contributed by atoms with Crippen molar-refractivity contribution in [3.05, 3.63) is 35.4 Å². The number of hydrogen-bond acceptors (Lipinski definition) is 6. The Morgan fingerprint density at radius 2 is 0.850 bits per heavy atom. The van der Waals surface area contributed by atoms with Gasteiger partial charge < -0.3 is 10.6 Å². The average molecular weight is 593 g/mol. The van der Waals surface area contributed by atoms with Crippen molar-refractivity contribution in [3.63, 3.8) is 0 Å². The molecule has 4 nitrogen and oxygen atoms in total. The lowest BCUT2D eigenvalue weighted by Crippen LogP contribution is -2.59. The summed E-state index contributed by atoms with van der Waals surface area (Å²) < 4.78 is -0.615. The Kier molecular flexibility index (Phi) is 12.3. The Balaban J connectivity index is 3.20. The smallest absolute Gasteiger partial charge is 0.156 e. The van der Waals surface area contributed by atoms with Gasteiger partial charge in [0, 0.05) is 42.9 Å². The van der Waals surface area contributed by atoms with E-state index in [1.807, 2.05) is 65.1 Å². The van der Waals surface area contributed by atoms with E-state index in [1.54, 1.807) is 0 Å². The highest BCUT2D eigenvalue weighted by molar-refractivity contribution is 8.00. The Bertz CT molecular complexity index is 921. The minimum atomic E-state index is -0.428. The van der Waals surface area contributed by atoms with Crippen molar-refractivity contribution in [3.8, 4) is 0 Å². The topological polar surface area (TPSA) is 58.2 Å². The Morgan fingerprint density at radius 1 is 0.575 bits per heavy atom. The van der Waals surface area contributed by atoms with Gasteiger partial charge in [0.05, 0.1) is 12.1 Å². The first-order chi connectivity index (χ1) is 17.7. The molecule has 0 spiro atoms. The summed E-state index contributed by atoms with van der Waals surface area (Å²) in [5, 5.41) is 7.28. The number of Topliss-reactive ketones (excluding diaryl/α,β-unsaturated/α-hetero) is 2. The summed E-state index contributed by atoms with van der Waals surface area (Å²) in [6.45, 7) is 33.5. The highest BCUT2D eigenvalue weighted by Gasteiger charge is 2.43. The van der Waals surface area contributed by atoms with E-state index in [0.717, 1.165) is 11.5 Å². The first-order valence-corrected chi connectivity index (χ1v) is 16.6. The molecule has 0 saturated heterocycles. The summed E-state index contributed by atoms with van der Waals surface area (Å²) in [7, 11) is 0. The number of hydrogen-bond donors (Lipinski definition) is 2. The summed E-state index contributed by atoms with van der Waals surface area (Å²) in [6, 6.07) is 8.06. The molecule has 1 rings (SSSR count). The standard InChI is InChI=1S/C34H60N2O2S2/c1-29(2,3)27(37)25(35-31(7,8)9)33(13,14)39-21-23-19-17-18-20-24(23)22-40-34(15,16)26(36-32(10,11)12)28(38)30(4,5)6/h17-20,25-26,35-36H,21-22H2,1-16H3. The van der Waals surface area contributed by atoms with Crippen molar-refractivity contribution < 1.29 is 9.59 Å². The third-order valence-electron chi connectivity index (χ3n) is 6.87. The summed E-state index contributed by atoms with van der Waals surface area (Å²) in [5.41, 5.74) is 1.36. The van der Waals surface area contributed by atoms with Crippen LogP contribution in [0.5, 0.6) is 0 Å². The van der Waals surface area contributed by atoms with Gasteiger partial charge in [-0.15, -0.1) is 23.5 Å². The summed E-state index contributed by atoms with van der Waals surface area (Å²) in [5.74, 6) is 2.11. The van der Waals surface area contributed by atoms with Gasteiger partial charge in [-0.2, -0.15) is 0 Å². The number of carbonyl (C=O) groups is 2. The summed E-state index contributed by atoms with van der Waals surface area (Å²) in [4.78, 5) is 27.1. The van der Waals surface area contributed by atoms with E-state index >= 15 is 0 Å². The largest absolute Gasteiger partial charge is 0.302 e. The monoisotopic (exact) mass is 592 g/mol. The predicted octanol–water partition coefficient (Wildman–Crippen LogP) is 8.45. The van der Waals surface area contributed by atoms with Gasteiger partial charge in [-0.1, -0.05) is 65.8 Å². The highest BCUT2D eigenvalue weighted by atomic mass is 32.2. The molecule has 0 aliphatic rings. The lowest BCUT2D eigenvalue weighted by Gasteiger charge is -2.41. The predicted molar refractivity (Wildman–Crippen MR) is 179 cm³/mol. The van der Waals surface area contributed by atoms with E-state index in [2.05, 4.69) is 104 Å². The van der Waals surface area contributed by atoms with Crippen molar-refractivity contribution in [2.45, 2.75) is 155 Å². The number of thioether (sulfide) groups is 2. The molecule has 1 aromatic carbocycles. The van der Waals surface area contributed by atoms with Crippen LogP contribution in [0.4, 0.5) is 0 Å². The summed E-state index contributed by atoms with van der Waals surface area (Å²) >= 11 is 3.67. The van der Waals surface area contributed by atoms with Crippen LogP contribution in [0.2, 0.25) is 0 Å². The number of rotatable bonds is 12. The number of ketones is 2.